The minimum Gasteiger partial charge on any atom is -0.398 e. The van der Waals surface area contributed by atoms with E-state index in [2.05, 4.69) is 0 Å². The van der Waals surface area contributed by atoms with Gasteiger partial charge in [-0.15, -0.1) is 0 Å². The van der Waals surface area contributed by atoms with Crippen LogP contribution in [0.3, 0.4) is 0 Å². The summed E-state index contributed by atoms with van der Waals surface area (Å²) < 4.78 is 0. The SMILES string of the molecule is CN(C(=O)c1ccc(Cl)cc1)[C@@H]1CCN(C(=O)c2ccccc2N)C[C@H]1c1ccc(Cl)c(Cl)c1. The summed E-state index contributed by atoms with van der Waals surface area (Å²) in [7, 11) is 1.79. The van der Waals surface area contributed by atoms with E-state index in [9.17, 15) is 9.59 Å². The average molecular weight is 517 g/mol. The second-order valence-electron chi connectivity index (χ2n) is 8.40. The molecule has 0 spiro atoms. The molecule has 0 aromatic heterocycles. The number of para-hydroxylation sites is 1. The minimum atomic E-state index is -0.168. The first-order valence-electron chi connectivity index (χ1n) is 10.9. The van der Waals surface area contributed by atoms with Crippen molar-refractivity contribution in [1.82, 2.24) is 9.80 Å². The van der Waals surface area contributed by atoms with E-state index in [1.165, 1.54) is 0 Å². The Morgan fingerprint density at radius 2 is 1.68 bits per heavy atom. The summed E-state index contributed by atoms with van der Waals surface area (Å²) in [6, 6.07) is 19.2. The lowest BCUT2D eigenvalue weighted by Gasteiger charge is -2.43. The highest BCUT2D eigenvalue weighted by Crippen LogP contribution is 2.35. The molecule has 0 unspecified atom stereocenters. The van der Waals surface area contributed by atoms with Crippen LogP contribution in [0.15, 0.2) is 66.7 Å². The number of nitrogens with two attached hydrogens (primary N) is 1. The number of benzene rings is 3. The second-order valence-corrected chi connectivity index (χ2v) is 9.65. The number of hydrogen-bond acceptors (Lipinski definition) is 3. The van der Waals surface area contributed by atoms with Crippen LogP contribution in [0.2, 0.25) is 15.1 Å². The maximum Gasteiger partial charge on any atom is 0.255 e. The number of halogens is 3. The van der Waals surface area contributed by atoms with E-state index < -0.39 is 0 Å². The van der Waals surface area contributed by atoms with Gasteiger partial charge in [-0.05, 0) is 60.5 Å². The van der Waals surface area contributed by atoms with Gasteiger partial charge in [0, 0.05) is 48.4 Å². The maximum absolute atomic E-state index is 13.3. The summed E-state index contributed by atoms with van der Waals surface area (Å²) in [6.07, 6.45) is 0.596. The molecule has 0 saturated carbocycles. The molecular formula is C26H24Cl3N3O2. The summed E-state index contributed by atoms with van der Waals surface area (Å²) in [5.41, 5.74) is 8.43. The van der Waals surface area contributed by atoms with Gasteiger partial charge in [0.1, 0.15) is 0 Å². The molecule has 1 fully saturated rings. The number of likely N-dealkylation sites (N-methyl/N-ethyl adjacent to an activating group) is 1. The van der Waals surface area contributed by atoms with Crippen LogP contribution in [0.25, 0.3) is 0 Å². The third-order valence-corrected chi connectivity index (χ3v) is 7.33. The molecule has 5 nitrogen and oxygen atoms in total. The molecule has 1 aliphatic heterocycles. The van der Waals surface area contributed by atoms with E-state index in [1.54, 1.807) is 71.4 Å². The quantitative estimate of drug-likeness (QED) is 0.433. The Hall–Kier alpha value is -2.73. The number of piperidine rings is 1. The third kappa shape index (κ3) is 5.02. The van der Waals surface area contributed by atoms with Crippen LogP contribution < -0.4 is 5.73 Å². The smallest absolute Gasteiger partial charge is 0.255 e. The second kappa shape index (κ2) is 10.3. The highest BCUT2D eigenvalue weighted by molar-refractivity contribution is 6.42. The lowest BCUT2D eigenvalue weighted by atomic mass is 9.84. The van der Waals surface area contributed by atoms with Gasteiger partial charge in [-0.1, -0.05) is 53.0 Å². The lowest BCUT2D eigenvalue weighted by Crippen LogP contribution is -2.52. The standard InChI is InChI=1S/C26H24Cl3N3O2/c1-31(25(33)16-6-9-18(27)10-7-16)24-12-13-32(26(34)19-4-2-3-5-23(19)30)15-20(24)17-8-11-21(28)22(29)14-17/h2-11,14,20,24H,12-13,15,30H2,1H3/t20-,24+/m0/s1. The van der Waals surface area contributed by atoms with E-state index in [0.29, 0.717) is 51.4 Å². The first kappa shape index (κ1) is 24.4. The molecule has 2 N–H and O–H groups in total. The molecule has 0 aliphatic carbocycles. The number of amides is 2. The Balaban J connectivity index is 1.65. The molecule has 8 heteroatoms. The van der Waals surface area contributed by atoms with Gasteiger partial charge >= 0.3 is 0 Å². The molecule has 1 saturated heterocycles. The molecular weight excluding hydrogens is 493 g/mol. The zero-order chi connectivity index (χ0) is 24.4. The molecule has 3 aromatic rings. The molecule has 0 bridgehead atoms. The van der Waals surface area contributed by atoms with Gasteiger partial charge in [0.25, 0.3) is 11.8 Å². The normalized spacial score (nSPS) is 17.9. The number of rotatable bonds is 4. The number of anilines is 1. The first-order chi connectivity index (χ1) is 16.3. The third-order valence-electron chi connectivity index (χ3n) is 6.34. The van der Waals surface area contributed by atoms with Crippen molar-refractivity contribution in [2.45, 2.75) is 18.4 Å². The fraction of sp³-hybridized carbons (Fsp3) is 0.231. The molecule has 1 aliphatic rings. The number of carbonyl (C=O) groups excluding carboxylic acids is 2. The average Bonchev–Trinajstić information content (AvgIpc) is 2.85. The van der Waals surface area contributed by atoms with Crippen molar-refractivity contribution in [3.8, 4) is 0 Å². The van der Waals surface area contributed by atoms with Crippen molar-refractivity contribution >= 4 is 52.3 Å². The highest BCUT2D eigenvalue weighted by atomic mass is 35.5. The number of nitrogens with zero attached hydrogens (tertiary/aromatic N) is 2. The fourth-order valence-electron chi connectivity index (χ4n) is 4.47. The van der Waals surface area contributed by atoms with Crippen LogP contribution in [0, 0.1) is 0 Å². The molecule has 176 valence electrons. The lowest BCUT2D eigenvalue weighted by molar-refractivity contribution is 0.0518. The first-order valence-corrected chi connectivity index (χ1v) is 12.0. The van der Waals surface area contributed by atoms with E-state index in [1.807, 2.05) is 12.1 Å². The van der Waals surface area contributed by atoms with Gasteiger partial charge in [-0.2, -0.15) is 0 Å². The maximum atomic E-state index is 13.3. The van der Waals surface area contributed by atoms with Crippen molar-refractivity contribution < 1.29 is 9.59 Å². The van der Waals surface area contributed by atoms with Crippen molar-refractivity contribution in [3.05, 3.63) is 98.5 Å². The van der Waals surface area contributed by atoms with Crippen LogP contribution in [0.4, 0.5) is 5.69 Å². The summed E-state index contributed by atoms with van der Waals surface area (Å²) in [5.74, 6) is -0.411. The van der Waals surface area contributed by atoms with E-state index in [0.717, 1.165) is 5.56 Å². The van der Waals surface area contributed by atoms with Crippen molar-refractivity contribution in [2.24, 2.45) is 0 Å². The van der Waals surface area contributed by atoms with E-state index >= 15 is 0 Å². The minimum absolute atomic E-state index is 0.112. The van der Waals surface area contributed by atoms with Crippen LogP contribution in [0.1, 0.15) is 38.6 Å². The predicted molar refractivity (Wildman–Crippen MR) is 138 cm³/mol. The Bertz CT molecular complexity index is 1220. The summed E-state index contributed by atoms with van der Waals surface area (Å²) >= 11 is 18.5. The zero-order valence-electron chi connectivity index (χ0n) is 18.5. The molecule has 1 heterocycles. The fourth-order valence-corrected chi connectivity index (χ4v) is 4.90. The monoisotopic (exact) mass is 515 g/mol. The Kier molecular flexibility index (Phi) is 7.36. The highest BCUT2D eigenvalue weighted by Gasteiger charge is 2.37. The van der Waals surface area contributed by atoms with E-state index in [4.69, 9.17) is 40.5 Å². The largest absolute Gasteiger partial charge is 0.398 e. The summed E-state index contributed by atoms with van der Waals surface area (Å²) in [5, 5.41) is 1.45. The van der Waals surface area contributed by atoms with Crippen LogP contribution in [-0.4, -0.2) is 47.8 Å². The Morgan fingerprint density at radius 1 is 0.971 bits per heavy atom. The summed E-state index contributed by atoms with van der Waals surface area (Å²) in [6.45, 7) is 0.905. The van der Waals surface area contributed by atoms with Crippen LogP contribution >= 0.6 is 34.8 Å². The summed E-state index contributed by atoms with van der Waals surface area (Å²) in [4.78, 5) is 30.1. The molecule has 3 aromatic carbocycles. The van der Waals surface area contributed by atoms with Crippen LogP contribution in [0.5, 0.6) is 0 Å². The zero-order valence-corrected chi connectivity index (χ0v) is 20.8. The molecule has 2 atom stereocenters. The van der Waals surface area contributed by atoms with Gasteiger partial charge in [-0.3, -0.25) is 9.59 Å². The van der Waals surface area contributed by atoms with Gasteiger partial charge in [0.2, 0.25) is 0 Å². The Morgan fingerprint density at radius 3 is 2.35 bits per heavy atom. The molecule has 34 heavy (non-hydrogen) atoms. The number of nitrogen functional groups attached to an aromatic ring is 1. The van der Waals surface area contributed by atoms with Gasteiger partial charge in [0.15, 0.2) is 0 Å². The topological polar surface area (TPSA) is 66.6 Å². The van der Waals surface area contributed by atoms with Crippen molar-refractivity contribution in [1.29, 1.82) is 0 Å². The number of hydrogen-bond donors (Lipinski definition) is 1. The Labute approximate surface area is 214 Å². The molecule has 0 radical (unpaired) electrons. The number of likely N-dealkylation sites (tertiary alicyclic amines) is 1. The molecule has 2 amide bonds. The van der Waals surface area contributed by atoms with Gasteiger partial charge in [0.05, 0.1) is 15.6 Å². The molecule has 4 rings (SSSR count). The van der Waals surface area contributed by atoms with E-state index in [-0.39, 0.29) is 23.8 Å². The van der Waals surface area contributed by atoms with Gasteiger partial charge < -0.3 is 15.5 Å². The van der Waals surface area contributed by atoms with Crippen molar-refractivity contribution in [3.63, 3.8) is 0 Å². The number of carbonyl (C=O) groups is 2. The van der Waals surface area contributed by atoms with Gasteiger partial charge in [-0.25, -0.2) is 0 Å². The van der Waals surface area contributed by atoms with Crippen LogP contribution in [-0.2, 0) is 0 Å². The van der Waals surface area contributed by atoms with Crippen molar-refractivity contribution in [2.75, 3.05) is 25.9 Å². The predicted octanol–water partition coefficient (Wildman–Crippen LogP) is 6.00.